The van der Waals surface area contributed by atoms with Crippen LogP contribution < -0.4 is 10.2 Å². The number of nitrogens with zero attached hydrogens (tertiary/aromatic N) is 3. The summed E-state index contributed by atoms with van der Waals surface area (Å²) < 4.78 is 5.66. The zero-order valence-electron chi connectivity index (χ0n) is 15.9. The maximum atomic E-state index is 12.5. The smallest absolute Gasteiger partial charge is 0.322 e. The summed E-state index contributed by atoms with van der Waals surface area (Å²) in [4.78, 5) is 27.7. The molecular weight excluding hydrogens is 376 g/mol. The number of rotatable bonds is 5. The van der Waals surface area contributed by atoms with E-state index in [-0.39, 0.29) is 29.7 Å². The first-order valence-electron chi connectivity index (χ1n) is 9.72. The number of benzene rings is 1. The number of carbonyl (C=O) groups excluding carboxylic acids is 2. The van der Waals surface area contributed by atoms with Gasteiger partial charge in [0.15, 0.2) is 0 Å². The van der Waals surface area contributed by atoms with Gasteiger partial charge in [-0.15, -0.1) is 16.9 Å². The number of hydrogen-bond acceptors (Lipinski definition) is 6. The molecule has 1 saturated heterocycles. The summed E-state index contributed by atoms with van der Waals surface area (Å²) >= 11 is 1.66. The molecule has 0 radical (unpaired) electrons. The largest absolute Gasteiger partial charge is 0.407 e. The summed E-state index contributed by atoms with van der Waals surface area (Å²) in [6.07, 6.45) is 7.54. The van der Waals surface area contributed by atoms with Gasteiger partial charge in [-0.05, 0) is 43.4 Å². The molecular formula is C20H24N4O3S. The number of hydrogen-bond donors (Lipinski definition) is 1. The van der Waals surface area contributed by atoms with Crippen LogP contribution in [-0.4, -0.2) is 34.8 Å². The standard InChI is InChI=1S/C20H24N4O3S/c1-28-16-9-7-15(8-10-16)24-12-14(11-17(24)25)19-22-23-20(27-19)21-18(26)13-5-3-2-4-6-13/h7-10,13-14H,2-6,11-12H2,1H3,(H,21,23,26). The molecule has 7 nitrogen and oxygen atoms in total. The van der Waals surface area contributed by atoms with Gasteiger partial charge in [0, 0.05) is 29.5 Å². The van der Waals surface area contributed by atoms with E-state index in [9.17, 15) is 9.59 Å². The summed E-state index contributed by atoms with van der Waals surface area (Å²) in [5, 5.41) is 10.8. The summed E-state index contributed by atoms with van der Waals surface area (Å²) in [6, 6.07) is 8.05. The first-order chi connectivity index (χ1) is 13.6. The van der Waals surface area contributed by atoms with Crippen molar-refractivity contribution in [1.82, 2.24) is 10.2 Å². The highest BCUT2D eigenvalue weighted by molar-refractivity contribution is 7.98. The molecule has 8 heteroatoms. The minimum atomic E-state index is -0.166. The zero-order chi connectivity index (χ0) is 19.5. The van der Waals surface area contributed by atoms with Crippen molar-refractivity contribution in [3.63, 3.8) is 0 Å². The first kappa shape index (κ1) is 19.0. The van der Waals surface area contributed by atoms with Crippen molar-refractivity contribution in [3.05, 3.63) is 30.2 Å². The van der Waals surface area contributed by atoms with Crippen LogP contribution >= 0.6 is 11.8 Å². The molecule has 2 amide bonds. The normalized spacial score (nSPS) is 20.5. The van der Waals surface area contributed by atoms with E-state index in [4.69, 9.17) is 4.42 Å². The fourth-order valence-electron chi connectivity index (χ4n) is 3.91. The van der Waals surface area contributed by atoms with Crippen LogP contribution in [0.25, 0.3) is 0 Å². The number of aromatic nitrogens is 2. The third kappa shape index (κ3) is 4.06. The molecule has 2 aliphatic rings. The van der Waals surface area contributed by atoms with Crippen LogP contribution in [0.3, 0.4) is 0 Å². The van der Waals surface area contributed by atoms with E-state index in [1.54, 1.807) is 16.7 Å². The van der Waals surface area contributed by atoms with Crippen LogP contribution in [0.2, 0.25) is 0 Å². The van der Waals surface area contributed by atoms with Crippen molar-refractivity contribution in [2.45, 2.75) is 49.3 Å². The Balaban J connectivity index is 1.39. The Morgan fingerprint density at radius 2 is 1.93 bits per heavy atom. The van der Waals surface area contributed by atoms with Crippen LogP contribution in [0.1, 0.15) is 50.3 Å². The van der Waals surface area contributed by atoms with Crippen LogP contribution in [0.5, 0.6) is 0 Å². The topological polar surface area (TPSA) is 88.3 Å². The predicted molar refractivity (Wildman–Crippen MR) is 107 cm³/mol. The van der Waals surface area contributed by atoms with Crippen molar-refractivity contribution in [2.75, 3.05) is 23.0 Å². The Morgan fingerprint density at radius 3 is 2.64 bits per heavy atom. The lowest BCUT2D eigenvalue weighted by Gasteiger charge is -2.19. The monoisotopic (exact) mass is 400 g/mol. The third-order valence-electron chi connectivity index (χ3n) is 5.51. The maximum absolute atomic E-state index is 12.5. The molecule has 148 valence electrons. The summed E-state index contributed by atoms with van der Waals surface area (Å²) in [6.45, 7) is 0.496. The van der Waals surface area contributed by atoms with E-state index in [2.05, 4.69) is 15.5 Å². The van der Waals surface area contributed by atoms with Gasteiger partial charge >= 0.3 is 6.01 Å². The molecule has 4 rings (SSSR count). The number of amides is 2. The minimum absolute atomic E-state index is 0.0249. The van der Waals surface area contributed by atoms with Crippen LogP contribution in [0.15, 0.2) is 33.6 Å². The first-order valence-corrected chi connectivity index (χ1v) is 10.9. The molecule has 1 atom stereocenters. The molecule has 1 N–H and O–H groups in total. The molecule has 1 unspecified atom stereocenters. The second-order valence-electron chi connectivity index (χ2n) is 7.37. The van der Waals surface area contributed by atoms with Crippen molar-refractivity contribution in [3.8, 4) is 0 Å². The quantitative estimate of drug-likeness (QED) is 0.768. The fraction of sp³-hybridized carbons (Fsp3) is 0.500. The van der Waals surface area contributed by atoms with E-state index >= 15 is 0 Å². The maximum Gasteiger partial charge on any atom is 0.322 e. The number of anilines is 2. The second kappa shape index (κ2) is 8.34. The predicted octanol–water partition coefficient (Wildman–Crippen LogP) is 3.83. The third-order valence-corrected chi connectivity index (χ3v) is 6.25. The van der Waals surface area contributed by atoms with Crippen molar-refractivity contribution in [1.29, 1.82) is 0 Å². The number of nitrogens with one attached hydrogen (secondary N) is 1. The van der Waals surface area contributed by atoms with Gasteiger partial charge in [0.25, 0.3) is 0 Å². The van der Waals surface area contributed by atoms with E-state index in [0.717, 1.165) is 36.3 Å². The van der Waals surface area contributed by atoms with E-state index < -0.39 is 0 Å². The lowest BCUT2D eigenvalue weighted by Crippen LogP contribution is -2.24. The molecule has 1 aromatic carbocycles. The Bertz CT molecular complexity index is 845. The van der Waals surface area contributed by atoms with Gasteiger partial charge in [0.2, 0.25) is 17.7 Å². The van der Waals surface area contributed by atoms with Gasteiger partial charge in [-0.25, -0.2) is 0 Å². The van der Waals surface area contributed by atoms with Gasteiger partial charge in [0.1, 0.15) is 0 Å². The molecule has 0 spiro atoms. The highest BCUT2D eigenvalue weighted by Crippen LogP contribution is 2.32. The molecule has 2 heterocycles. The lowest BCUT2D eigenvalue weighted by atomic mass is 9.89. The second-order valence-corrected chi connectivity index (χ2v) is 8.25. The number of thioether (sulfide) groups is 1. The van der Waals surface area contributed by atoms with Gasteiger partial charge in [-0.3, -0.25) is 14.9 Å². The van der Waals surface area contributed by atoms with Crippen LogP contribution in [0.4, 0.5) is 11.7 Å². The van der Waals surface area contributed by atoms with Crippen molar-refractivity contribution in [2.24, 2.45) is 5.92 Å². The average Bonchev–Trinajstić information content (AvgIpc) is 3.35. The molecule has 1 saturated carbocycles. The van der Waals surface area contributed by atoms with E-state index in [1.165, 1.54) is 6.42 Å². The van der Waals surface area contributed by atoms with Gasteiger partial charge < -0.3 is 9.32 Å². The van der Waals surface area contributed by atoms with Crippen molar-refractivity contribution >= 4 is 35.3 Å². The minimum Gasteiger partial charge on any atom is -0.407 e. The molecule has 1 aliphatic heterocycles. The van der Waals surface area contributed by atoms with Crippen LogP contribution in [-0.2, 0) is 9.59 Å². The van der Waals surface area contributed by atoms with Crippen LogP contribution in [0, 0.1) is 5.92 Å². The highest BCUT2D eigenvalue weighted by Gasteiger charge is 2.35. The lowest BCUT2D eigenvalue weighted by molar-refractivity contribution is -0.121. The summed E-state index contributed by atoms with van der Waals surface area (Å²) in [7, 11) is 0. The Morgan fingerprint density at radius 1 is 1.18 bits per heavy atom. The number of carbonyl (C=O) groups is 2. The van der Waals surface area contributed by atoms with Crippen molar-refractivity contribution < 1.29 is 14.0 Å². The Kier molecular flexibility index (Phi) is 5.66. The molecule has 1 aromatic heterocycles. The molecule has 2 aromatic rings. The van der Waals surface area contributed by atoms with E-state index in [1.807, 2.05) is 30.5 Å². The molecule has 1 aliphatic carbocycles. The highest BCUT2D eigenvalue weighted by atomic mass is 32.2. The Labute approximate surface area is 168 Å². The fourth-order valence-corrected chi connectivity index (χ4v) is 4.32. The SMILES string of the molecule is CSc1ccc(N2CC(c3nnc(NC(=O)C4CCCCC4)o3)CC2=O)cc1. The Hall–Kier alpha value is -2.35. The van der Waals surface area contributed by atoms with Gasteiger partial charge in [0.05, 0.1) is 5.92 Å². The van der Waals surface area contributed by atoms with E-state index in [0.29, 0.717) is 18.9 Å². The summed E-state index contributed by atoms with van der Waals surface area (Å²) in [5.41, 5.74) is 0.871. The molecule has 28 heavy (non-hydrogen) atoms. The molecule has 0 bridgehead atoms. The average molecular weight is 401 g/mol. The molecule has 2 fully saturated rings. The summed E-state index contributed by atoms with van der Waals surface area (Å²) in [5.74, 6) is 0.244. The zero-order valence-corrected chi connectivity index (χ0v) is 16.7. The van der Waals surface area contributed by atoms with Gasteiger partial charge in [-0.1, -0.05) is 24.4 Å². The van der Waals surface area contributed by atoms with Gasteiger partial charge in [-0.2, -0.15) is 0 Å².